The molecule has 6 nitrogen and oxygen atoms in total. The van der Waals surface area contributed by atoms with E-state index < -0.39 is 0 Å². The molecule has 166 valence electrons. The smallest absolute Gasteiger partial charge is 0.265 e. The average Bonchev–Trinajstić information content (AvgIpc) is 2.79. The molecule has 0 unspecified atom stereocenters. The highest BCUT2D eigenvalue weighted by molar-refractivity contribution is 5.91. The molecule has 0 spiro atoms. The zero-order valence-corrected chi connectivity index (χ0v) is 18.6. The Morgan fingerprint density at radius 3 is 2.50 bits per heavy atom. The SMILES string of the molecule is CCOc1cc(C=NOCC(=O)Nc2ccc(C)c(C)c2)ccc1OCc1ccccc1. The Morgan fingerprint density at radius 1 is 0.938 bits per heavy atom. The van der Waals surface area contributed by atoms with Crippen molar-refractivity contribution in [1.29, 1.82) is 0 Å². The molecule has 3 aromatic rings. The Hall–Kier alpha value is -3.80. The molecule has 0 aliphatic carbocycles. The summed E-state index contributed by atoms with van der Waals surface area (Å²) >= 11 is 0. The highest BCUT2D eigenvalue weighted by Crippen LogP contribution is 2.29. The van der Waals surface area contributed by atoms with Crippen molar-refractivity contribution in [3.8, 4) is 11.5 Å². The molecule has 0 aromatic heterocycles. The van der Waals surface area contributed by atoms with Crippen molar-refractivity contribution in [1.82, 2.24) is 0 Å². The molecule has 0 aliphatic rings. The summed E-state index contributed by atoms with van der Waals surface area (Å²) in [5.41, 5.74) is 4.87. The van der Waals surface area contributed by atoms with E-state index in [9.17, 15) is 4.79 Å². The van der Waals surface area contributed by atoms with Crippen LogP contribution in [0, 0.1) is 13.8 Å². The van der Waals surface area contributed by atoms with Crippen LogP contribution in [0.5, 0.6) is 11.5 Å². The third-order valence-corrected chi connectivity index (χ3v) is 4.77. The summed E-state index contributed by atoms with van der Waals surface area (Å²) in [5, 5.41) is 6.69. The Bertz CT molecular complexity index is 1060. The third kappa shape index (κ3) is 6.87. The van der Waals surface area contributed by atoms with Crippen LogP contribution in [0.3, 0.4) is 0 Å². The van der Waals surface area contributed by atoms with Gasteiger partial charge in [-0.3, -0.25) is 4.79 Å². The number of aryl methyl sites for hydroxylation is 2. The van der Waals surface area contributed by atoms with Crippen LogP contribution in [0.1, 0.15) is 29.2 Å². The average molecular weight is 433 g/mol. The molecule has 0 heterocycles. The second-order valence-electron chi connectivity index (χ2n) is 7.27. The van der Waals surface area contributed by atoms with E-state index in [2.05, 4.69) is 10.5 Å². The molecule has 0 saturated carbocycles. The molecule has 1 amide bonds. The summed E-state index contributed by atoms with van der Waals surface area (Å²) < 4.78 is 11.6. The van der Waals surface area contributed by atoms with Crippen molar-refractivity contribution >= 4 is 17.8 Å². The van der Waals surface area contributed by atoms with Crippen molar-refractivity contribution in [2.45, 2.75) is 27.4 Å². The molecule has 0 saturated heterocycles. The number of nitrogens with one attached hydrogen (secondary N) is 1. The van der Waals surface area contributed by atoms with E-state index in [-0.39, 0.29) is 12.5 Å². The summed E-state index contributed by atoms with van der Waals surface area (Å²) in [6.07, 6.45) is 1.53. The maximum atomic E-state index is 12.0. The van der Waals surface area contributed by atoms with E-state index in [0.717, 1.165) is 22.4 Å². The second-order valence-corrected chi connectivity index (χ2v) is 7.27. The fourth-order valence-corrected chi connectivity index (χ4v) is 2.94. The molecule has 3 rings (SSSR count). The van der Waals surface area contributed by atoms with Gasteiger partial charge >= 0.3 is 0 Å². The first-order valence-electron chi connectivity index (χ1n) is 10.5. The van der Waals surface area contributed by atoms with Gasteiger partial charge in [0, 0.05) is 11.3 Å². The van der Waals surface area contributed by atoms with Crippen LogP contribution in [0.2, 0.25) is 0 Å². The van der Waals surface area contributed by atoms with Crippen LogP contribution in [0.25, 0.3) is 0 Å². The van der Waals surface area contributed by atoms with E-state index in [1.54, 1.807) is 0 Å². The monoisotopic (exact) mass is 432 g/mol. The normalized spacial score (nSPS) is 10.7. The number of rotatable bonds is 10. The Labute approximate surface area is 188 Å². The number of carbonyl (C=O) groups is 1. The van der Waals surface area contributed by atoms with Gasteiger partial charge in [-0.05, 0) is 67.8 Å². The molecule has 0 radical (unpaired) electrons. The fraction of sp³-hybridized carbons (Fsp3) is 0.231. The van der Waals surface area contributed by atoms with Gasteiger partial charge in [0.15, 0.2) is 18.1 Å². The molecule has 0 atom stereocenters. The van der Waals surface area contributed by atoms with Gasteiger partial charge in [-0.1, -0.05) is 41.6 Å². The van der Waals surface area contributed by atoms with E-state index in [4.69, 9.17) is 14.3 Å². The number of amides is 1. The maximum Gasteiger partial charge on any atom is 0.265 e. The molecule has 3 aromatic carbocycles. The maximum absolute atomic E-state index is 12.0. The lowest BCUT2D eigenvalue weighted by molar-refractivity contribution is -0.120. The van der Waals surface area contributed by atoms with Gasteiger partial charge in [-0.2, -0.15) is 0 Å². The number of nitrogens with zero attached hydrogens (tertiary/aromatic N) is 1. The molecule has 32 heavy (non-hydrogen) atoms. The van der Waals surface area contributed by atoms with Crippen molar-refractivity contribution in [2.24, 2.45) is 5.16 Å². The van der Waals surface area contributed by atoms with Gasteiger partial charge < -0.3 is 19.6 Å². The minimum absolute atomic E-state index is 0.181. The van der Waals surface area contributed by atoms with Crippen molar-refractivity contribution in [3.05, 3.63) is 89.0 Å². The Morgan fingerprint density at radius 2 is 1.75 bits per heavy atom. The number of carbonyl (C=O) groups excluding carboxylic acids is 1. The standard InChI is InChI=1S/C26H28N2O4/c1-4-30-25-15-22(11-13-24(25)31-17-21-8-6-5-7-9-21)16-27-32-18-26(29)28-23-12-10-19(2)20(3)14-23/h5-16H,4,17-18H2,1-3H3,(H,28,29). The van der Waals surface area contributed by atoms with Gasteiger partial charge in [-0.15, -0.1) is 0 Å². The van der Waals surface area contributed by atoms with Gasteiger partial charge in [0.2, 0.25) is 0 Å². The van der Waals surface area contributed by atoms with E-state index in [1.807, 2.05) is 87.5 Å². The minimum Gasteiger partial charge on any atom is -0.490 e. The van der Waals surface area contributed by atoms with Crippen LogP contribution >= 0.6 is 0 Å². The van der Waals surface area contributed by atoms with Crippen LogP contribution in [0.4, 0.5) is 5.69 Å². The first-order chi connectivity index (χ1) is 15.5. The lowest BCUT2D eigenvalue weighted by Gasteiger charge is -2.12. The Balaban J connectivity index is 1.53. The molecule has 6 heteroatoms. The van der Waals surface area contributed by atoms with E-state index in [0.29, 0.717) is 24.7 Å². The summed E-state index contributed by atoms with van der Waals surface area (Å²) in [6.45, 7) is 6.72. The number of oxime groups is 1. The quantitative estimate of drug-likeness (QED) is 0.350. The topological polar surface area (TPSA) is 69.2 Å². The summed E-state index contributed by atoms with van der Waals surface area (Å²) in [4.78, 5) is 17.2. The molecular formula is C26H28N2O4. The first-order valence-corrected chi connectivity index (χ1v) is 10.5. The van der Waals surface area contributed by atoms with Crippen LogP contribution in [-0.4, -0.2) is 25.3 Å². The first kappa shape index (κ1) is 22.9. The molecule has 0 aliphatic heterocycles. The zero-order chi connectivity index (χ0) is 22.8. The molecular weight excluding hydrogens is 404 g/mol. The highest BCUT2D eigenvalue weighted by Gasteiger charge is 2.07. The minimum atomic E-state index is -0.273. The van der Waals surface area contributed by atoms with Crippen molar-refractivity contribution in [3.63, 3.8) is 0 Å². The molecule has 0 bridgehead atoms. The highest BCUT2D eigenvalue weighted by atomic mass is 16.6. The number of benzene rings is 3. The second kappa shape index (κ2) is 11.6. The third-order valence-electron chi connectivity index (χ3n) is 4.77. The summed E-state index contributed by atoms with van der Waals surface area (Å²) in [6, 6.07) is 21.2. The predicted molar refractivity (Wildman–Crippen MR) is 126 cm³/mol. The van der Waals surface area contributed by atoms with Crippen LogP contribution in [0.15, 0.2) is 71.9 Å². The van der Waals surface area contributed by atoms with Gasteiger partial charge in [0.25, 0.3) is 5.91 Å². The largest absolute Gasteiger partial charge is 0.490 e. The van der Waals surface area contributed by atoms with Gasteiger partial charge in [0.05, 0.1) is 12.8 Å². The predicted octanol–water partition coefficient (Wildman–Crippen LogP) is 5.27. The van der Waals surface area contributed by atoms with Gasteiger partial charge in [-0.25, -0.2) is 0 Å². The lowest BCUT2D eigenvalue weighted by Crippen LogP contribution is -2.17. The summed E-state index contributed by atoms with van der Waals surface area (Å²) in [7, 11) is 0. The van der Waals surface area contributed by atoms with E-state index in [1.165, 1.54) is 11.8 Å². The summed E-state index contributed by atoms with van der Waals surface area (Å²) in [5.74, 6) is 1.01. The molecule has 1 N–H and O–H groups in total. The molecule has 0 fully saturated rings. The van der Waals surface area contributed by atoms with Gasteiger partial charge in [0.1, 0.15) is 6.61 Å². The Kier molecular flexibility index (Phi) is 8.26. The van der Waals surface area contributed by atoms with Crippen LogP contribution < -0.4 is 14.8 Å². The zero-order valence-electron chi connectivity index (χ0n) is 18.6. The number of hydrogen-bond acceptors (Lipinski definition) is 5. The van der Waals surface area contributed by atoms with Crippen molar-refractivity contribution < 1.29 is 19.1 Å². The lowest BCUT2D eigenvalue weighted by atomic mass is 10.1. The number of anilines is 1. The van der Waals surface area contributed by atoms with E-state index >= 15 is 0 Å². The number of hydrogen-bond donors (Lipinski definition) is 1. The number of ether oxygens (including phenoxy) is 2. The van der Waals surface area contributed by atoms with Crippen molar-refractivity contribution in [2.75, 3.05) is 18.5 Å². The van der Waals surface area contributed by atoms with Crippen LogP contribution in [-0.2, 0) is 16.2 Å². The fourth-order valence-electron chi connectivity index (χ4n) is 2.94.